The van der Waals surface area contributed by atoms with Gasteiger partial charge in [-0.1, -0.05) is 12.7 Å². The molecule has 0 N–H and O–H groups in total. The Bertz CT molecular complexity index is 1130. The summed E-state index contributed by atoms with van der Waals surface area (Å²) in [5.74, 6) is 0.685. The number of carbonyl (C=O) groups is 2. The molecular formula is C24H23IN2O5S. The number of methoxy groups -OCH3 is 1. The molecule has 9 heteroatoms. The fourth-order valence-corrected chi connectivity index (χ4v) is 4.67. The number of halogens is 1. The van der Waals surface area contributed by atoms with Crippen LogP contribution in [-0.2, 0) is 9.53 Å². The Balaban J connectivity index is 1.84. The number of amidine groups is 1. The number of hydrogen-bond donors (Lipinski definition) is 0. The summed E-state index contributed by atoms with van der Waals surface area (Å²) in [7, 11) is 3.25. The number of likely N-dealkylation sites (N-methyl/N-ethyl adjacent to an activating group) is 1. The summed E-state index contributed by atoms with van der Waals surface area (Å²) in [6, 6.07) is 10.5. The Morgan fingerprint density at radius 2 is 2.00 bits per heavy atom. The molecular weight excluding hydrogens is 555 g/mol. The molecule has 0 bridgehead atoms. The van der Waals surface area contributed by atoms with E-state index in [2.05, 4.69) is 34.2 Å². The highest BCUT2D eigenvalue weighted by Gasteiger charge is 2.30. The van der Waals surface area contributed by atoms with Crippen LogP contribution < -0.4 is 9.47 Å². The summed E-state index contributed by atoms with van der Waals surface area (Å²) in [5, 5.41) is 0.544. The largest absolute Gasteiger partial charge is 0.493 e. The minimum atomic E-state index is -0.379. The molecule has 0 unspecified atom stereocenters. The molecule has 1 aliphatic rings. The molecule has 0 spiro atoms. The highest BCUT2D eigenvalue weighted by molar-refractivity contribution is 14.1. The standard InChI is InChI=1S/C24H23IN2O5S/c1-5-11-32-21-18(25)12-15(13-19(21)30-4)14-20-22(28)27(3)24(33-20)26-17-9-7-16(8-10-17)23(29)31-6-2/h5,7-10,12-14H,1,6,11H2,2-4H3/b20-14+,26-24?. The minimum absolute atomic E-state index is 0.150. The van der Waals surface area contributed by atoms with Gasteiger partial charge in [0.15, 0.2) is 16.7 Å². The molecule has 1 amide bonds. The van der Waals surface area contributed by atoms with Crippen molar-refractivity contribution in [2.75, 3.05) is 27.4 Å². The number of amides is 1. The average molecular weight is 578 g/mol. The molecule has 172 valence electrons. The molecule has 0 aromatic heterocycles. The second-order valence-electron chi connectivity index (χ2n) is 6.77. The van der Waals surface area contributed by atoms with E-state index in [0.29, 0.717) is 46.0 Å². The van der Waals surface area contributed by atoms with E-state index in [1.54, 1.807) is 57.5 Å². The quantitative estimate of drug-likeness (QED) is 0.184. The molecule has 1 fully saturated rings. The second-order valence-corrected chi connectivity index (χ2v) is 8.94. The molecule has 2 aromatic rings. The number of carbonyl (C=O) groups excluding carboxylic acids is 2. The van der Waals surface area contributed by atoms with Crippen molar-refractivity contribution in [3.8, 4) is 11.5 Å². The van der Waals surface area contributed by atoms with Crippen LogP contribution in [0.4, 0.5) is 5.69 Å². The normalized spacial score (nSPS) is 15.8. The van der Waals surface area contributed by atoms with Crippen LogP contribution in [-0.4, -0.2) is 49.3 Å². The number of aliphatic imine (C=N–C) groups is 1. The number of esters is 1. The van der Waals surface area contributed by atoms with E-state index in [4.69, 9.17) is 14.2 Å². The van der Waals surface area contributed by atoms with Gasteiger partial charge in [0.25, 0.3) is 5.91 Å². The summed E-state index contributed by atoms with van der Waals surface area (Å²) in [5.41, 5.74) is 1.90. The summed E-state index contributed by atoms with van der Waals surface area (Å²) in [6.45, 7) is 6.11. The lowest BCUT2D eigenvalue weighted by atomic mass is 10.2. The van der Waals surface area contributed by atoms with Gasteiger partial charge in [-0.2, -0.15) is 0 Å². The fourth-order valence-electron chi connectivity index (χ4n) is 2.91. The first-order valence-electron chi connectivity index (χ1n) is 10.0. The van der Waals surface area contributed by atoms with Crippen molar-refractivity contribution in [2.45, 2.75) is 6.92 Å². The van der Waals surface area contributed by atoms with Crippen LogP contribution in [0.5, 0.6) is 11.5 Å². The van der Waals surface area contributed by atoms with Crippen molar-refractivity contribution in [1.29, 1.82) is 0 Å². The predicted molar refractivity (Wildman–Crippen MR) is 139 cm³/mol. The Morgan fingerprint density at radius 3 is 2.64 bits per heavy atom. The van der Waals surface area contributed by atoms with E-state index in [0.717, 1.165) is 9.13 Å². The average Bonchev–Trinajstić information content (AvgIpc) is 3.06. The third-order valence-electron chi connectivity index (χ3n) is 4.50. The first-order chi connectivity index (χ1) is 15.9. The molecule has 0 saturated carbocycles. The summed E-state index contributed by atoms with van der Waals surface area (Å²) in [4.78, 5) is 31.2. The lowest BCUT2D eigenvalue weighted by Gasteiger charge is -2.12. The van der Waals surface area contributed by atoms with E-state index in [1.165, 1.54) is 16.7 Å². The van der Waals surface area contributed by atoms with Crippen molar-refractivity contribution in [1.82, 2.24) is 4.90 Å². The molecule has 1 heterocycles. The predicted octanol–water partition coefficient (Wildman–Crippen LogP) is 5.28. The number of hydrogen-bond acceptors (Lipinski definition) is 7. The molecule has 7 nitrogen and oxygen atoms in total. The Kier molecular flexibility index (Phi) is 8.56. The third kappa shape index (κ3) is 5.97. The maximum absolute atomic E-state index is 12.8. The van der Waals surface area contributed by atoms with E-state index in [9.17, 15) is 9.59 Å². The molecule has 3 rings (SSSR count). The molecule has 1 aliphatic heterocycles. The second kappa shape index (κ2) is 11.4. The third-order valence-corrected chi connectivity index (χ3v) is 6.36. The first-order valence-corrected chi connectivity index (χ1v) is 11.9. The lowest BCUT2D eigenvalue weighted by molar-refractivity contribution is -0.121. The SMILES string of the molecule is C=CCOc1c(I)cc(/C=C2/SC(=Nc3ccc(C(=O)OCC)cc3)N(C)C2=O)cc1OC. The molecule has 0 radical (unpaired) electrons. The van der Waals surface area contributed by atoms with Gasteiger partial charge in [-0.05, 0) is 89.3 Å². The smallest absolute Gasteiger partial charge is 0.338 e. The summed E-state index contributed by atoms with van der Waals surface area (Å²) < 4.78 is 17.0. The van der Waals surface area contributed by atoms with Crippen LogP contribution in [0.2, 0.25) is 0 Å². The maximum Gasteiger partial charge on any atom is 0.338 e. The Morgan fingerprint density at radius 1 is 1.27 bits per heavy atom. The number of rotatable bonds is 8. The van der Waals surface area contributed by atoms with Gasteiger partial charge in [0.05, 0.1) is 33.4 Å². The van der Waals surface area contributed by atoms with Crippen molar-refractivity contribution in [3.05, 3.63) is 68.7 Å². The molecule has 33 heavy (non-hydrogen) atoms. The van der Waals surface area contributed by atoms with Crippen LogP contribution in [0.1, 0.15) is 22.8 Å². The highest BCUT2D eigenvalue weighted by Crippen LogP contribution is 2.37. The molecule has 1 saturated heterocycles. The van der Waals surface area contributed by atoms with E-state index < -0.39 is 0 Å². The topological polar surface area (TPSA) is 77.4 Å². The Labute approximate surface area is 210 Å². The number of thioether (sulfide) groups is 1. The fraction of sp³-hybridized carbons (Fsp3) is 0.208. The molecule has 2 aromatic carbocycles. The number of ether oxygens (including phenoxy) is 3. The van der Waals surface area contributed by atoms with Crippen LogP contribution >= 0.6 is 34.4 Å². The van der Waals surface area contributed by atoms with Gasteiger partial charge in [0, 0.05) is 7.05 Å². The van der Waals surface area contributed by atoms with E-state index in [1.807, 2.05) is 12.1 Å². The van der Waals surface area contributed by atoms with Crippen LogP contribution in [0.15, 0.2) is 59.0 Å². The molecule has 0 atom stereocenters. The van der Waals surface area contributed by atoms with Crippen LogP contribution in [0.3, 0.4) is 0 Å². The van der Waals surface area contributed by atoms with Crippen LogP contribution in [0.25, 0.3) is 6.08 Å². The van der Waals surface area contributed by atoms with Crippen molar-refractivity contribution < 1.29 is 23.8 Å². The van der Waals surface area contributed by atoms with Gasteiger partial charge < -0.3 is 14.2 Å². The zero-order valence-electron chi connectivity index (χ0n) is 18.5. The van der Waals surface area contributed by atoms with Gasteiger partial charge >= 0.3 is 5.97 Å². The minimum Gasteiger partial charge on any atom is -0.493 e. The van der Waals surface area contributed by atoms with Gasteiger partial charge in [-0.15, -0.1) is 0 Å². The van der Waals surface area contributed by atoms with Gasteiger partial charge in [0.2, 0.25) is 0 Å². The number of nitrogens with zero attached hydrogens (tertiary/aromatic N) is 2. The highest BCUT2D eigenvalue weighted by atomic mass is 127. The van der Waals surface area contributed by atoms with Crippen molar-refractivity contribution in [3.63, 3.8) is 0 Å². The maximum atomic E-state index is 12.8. The summed E-state index contributed by atoms with van der Waals surface area (Å²) in [6.07, 6.45) is 3.47. The zero-order chi connectivity index (χ0) is 24.0. The van der Waals surface area contributed by atoms with E-state index >= 15 is 0 Å². The summed E-state index contributed by atoms with van der Waals surface area (Å²) >= 11 is 3.46. The van der Waals surface area contributed by atoms with E-state index in [-0.39, 0.29) is 11.9 Å². The Hall–Kier alpha value is -2.79. The van der Waals surface area contributed by atoms with Crippen LogP contribution in [0, 0.1) is 3.57 Å². The zero-order valence-corrected chi connectivity index (χ0v) is 21.4. The van der Waals surface area contributed by atoms with Gasteiger partial charge in [0.1, 0.15) is 6.61 Å². The van der Waals surface area contributed by atoms with Crippen molar-refractivity contribution >= 4 is 63.2 Å². The van der Waals surface area contributed by atoms with Gasteiger partial charge in [-0.25, -0.2) is 9.79 Å². The van der Waals surface area contributed by atoms with Crippen molar-refractivity contribution in [2.24, 2.45) is 4.99 Å². The monoisotopic (exact) mass is 578 g/mol. The first kappa shape index (κ1) is 24.8. The lowest BCUT2D eigenvalue weighted by Crippen LogP contribution is -2.23. The number of benzene rings is 2. The van der Waals surface area contributed by atoms with Gasteiger partial charge in [-0.3, -0.25) is 9.69 Å². The molecule has 0 aliphatic carbocycles.